The van der Waals surface area contributed by atoms with E-state index in [1.165, 1.54) is 22.3 Å². The van der Waals surface area contributed by atoms with Gasteiger partial charge in [-0.05, 0) is 23.8 Å². The SMILES string of the molecule is O=C1OC(Cn2ccnn2)CN1c1ccc(-c2ccc(-c3nc(CO)cs3)cc2)c(F)c1. The van der Waals surface area contributed by atoms with Crippen LogP contribution in [0.3, 0.4) is 0 Å². The molecule has 1 aliphatic heterocycles. The van der Waals surface area contributed by atoms with Gasteiger partial charge in [-0.3, -0.25) is 4.90 Å². The number of ether oxygens (including phenoxy) is 1. The second kappa shape index (κ2) is 8.48. The molecular formula is C22H18FN5O3S. The van der Waals surface area contributed by atoms with Gasteiger partial charge in [0.1, 0.15) is 16.9 Å². The predicted octanol–water partition coefficient (Wildman–Crippen LogP) is 3.73. The molecule has 162 valence electrons. The lowest BCUT2D eigenvalue weighted by Crippen LogP contribution is -2.26. The van der Waals surface area contributed by atoms with Gasteiger partial charge in [0.15, 0.2) is 0 Å². The number of amides is 1. The minimum absolute atomic E-state index is 0.0993. The van der Waals surface area contributed by atoms with Gasteiger partial charge < -0.3 is 9.84 Å². The molecule has 0 spiro atoms. The smallest absolute Gasteiger partial charge is 0.414 e. The van der Waals surface area contributed by atoms with E-state index < -0.39 is 18.0 Å². The fourth-order valence-corrected chi connectivity index (χ4v) is 4.39. The Kier molecular flexibility index (Phi) is 5.38. The number of halogens is 1. The lowest BCUT2D eigenvalue weighted by Gasteiger charge is -2.14. The van der Waals surface area contributed by atoms with Crippen molar-refractivity contribution in [3.8, 4) is 21.7 Å². The molecule has 8 nitrogen and oxygen atoms in total. The summed E-state index contributed by atoms with van der Waals surface area (Å²) in [5, 5.41) is 19.4. The third kappa shape index (κ3) is 3.97. The summed E-state index contributed by atoms with van der Waals surface area (Å²) in [6, 6.07) is 12.1. The monoisotopic (exact) mass is 451 g/mol. The molecule has 0 saturated carbocycles. The quantitative estimate of drug-likeness (QED) is 0.480. The molecule has 1 aliphatic rings. The number of hydrogen-bond donors (Lipinski definition) is 1. The minimum Gasteiger partial charge on any atom is -0.442 e. The van der Waals surface area contributed by atoms with Crippen molar-refractivity contribution in [3.63, 3.8) is 0 Å². The fourth-order valence-electron chi connectivity index (χ4n) is 3.58. The highest BCUT2D eigenvalue weighted by molar-refractivity contribution is 7.13. The second-order valence-electron chi connectivity index (χ2n) is 7.29. The molecule has 3 heterocycles. The van der Waals surface area contributed by atoms with Gasteiger partial charge in [-0.25, -0.2) is 18.9 Å². The third-order valence-corrected chi connectivity index (χ3v) is 6.10. The Morgan fingerprint density at radius 3 is 2.69 bits per heavy atom. The Hall–Kier alpha value is -3.63. The first kappa shape index (κ1) is 20.3. The number of nitrogens with zero attached hydrogens (tertiary/aromatic N) is 5. The highest BCUT2D eigenvalue weighted by Gasteiger charge is 2.33. The molecule has 32 heavy (non-hydrogen) atoms. The summed E-state index contributed by atoms with van der Waals surface area (Å²) >= 11 is 1.45. The number of aliphatic hydroxyl groups is 1. The minimum atomic E-state index is -0.516. The van der Waals surface area contributed by atoms with Gasteiger partial charge in [0.05, 0.1) is 37.3 Å². The van der Waals surface area contributed by atoms with Gasteiger partial charge in [-0.15, -0.1) is 16.4 Å². The van der Waals surface area contributed by atoms with Gasteiger partial charge in [0.2, 0.25) is 0 Å². The Morgan fingerprint density at radius 2 is 2.00 bits per heavy atom. The van der Waals surface area contributed by atoms with Gasteiger partial charge in [-0.2, -0.15) is 0 Å². The van der Waals surface area contributed by atoms with E-state index in [0.29, 0.717) is 35.6 Å². The van der Waals surface area contributed by atoms with E-state index in [4.69, 9.17) is 4.74 Å². The van der Waals surface area contributed by atoms with E-state index in [1.807, 2.05) is 29.6 Å². The number of anilines is 1. The zero-order valence-electron chi connectivity index (χ0n) is 16.8. The largest absolute Gasteiger partial charge is 0.442 e. The van der Waals surface area contributed by atoms with Crippen molar-refractivity contribution >= 4 is 23.1 Å². The predicted molar refractivity (Wildman–Crippen MR) is 117 cm³/mol. The van der Waals surface area contributed by atoms with Crippen LogP contribution in [0.1, 0.15) is 5.69 Å². The molecule has 1 fully saturated rings. The van der Waals surface area contributed by atoms with E-state index in [9.17, 15) is 14.3 Å². The number of cyclic esters (lactones) is 1. The van der Waals surface area contributed by atoms with Crippen molar-refractivity contribution < 1.29 is 19.0 Å². The molecule has 10 heteroatoms. The van der Waals surface area contributed by atoms with Crippen molar-refractivity contribution in [1.82, 2.24) is 20.0 Å². The second-order valence-corrected chi connectivity index (χ2v) is 8.14. The summed E-state index contributed by atoms with van der Waals surface area (Å²) in [5.74, 6) is -0.431. The van der Waals surface area contributed by atoms with Crippen LogP contribution in [0.2, 0.25) is 0 Å². The molecule has 2 aromatic carbocycles. The van der Waals surface area contributed by atoms with Crippen LogP contribution < -0.4 is 4.90 Å². The molecule has 0 aliphatic carbocycles. The Bertz CT molecular complexity index is 1240. The summed E-state index contributed by atoms with van der Waals surface area (Å²) in [4.78, 5) is 18.1. The normalized spacial score (nSPS) is 15.9. The first-order chi connectivity index (χ1) is 15.6. The van der Waals surface area contributed by atoms with E-state index in [-0.39, 0.29) is 6.61 Å². The maximum absolute atomic E-state index is 15.0. The lowest BCUT2D eigenvalue weighted by molar-refractivity contribution is 0.129. The average molecular weight is 451 g/mol. The van der Waals surface area contributed by atoms with Crippen LogP contribution in [0.5, 0.6) is 0 Å². The number of rotatable bonds is 6. The maximum Gasteiger partial charge on any atom is 0.414 e. The first-order valence-corrected chi connectivity index (χ1v) is 10.8. The molecule has 1 N–H and O–H groups in total. The summed E-state index contributed by atoms with van der Waals surface area (Å²) in [6.07, 6.45) is 2.34. The molecule has 4 aromatic rings. The number of thiazole rings is 1. The topological polar surface area (TPSA) is 93.4 Å². The van der Waals surface area contributed by atoms with Crippen LogP contribution in [0, 0.1) is 5.82 Å². The number of aliphatic hydroxyl groups excluding tert-OH is 1. The van der Waals surface area contributed by atoms with Gasteiger partial charge in [0, 0.05) is 22.7 Å². The first-order valence-electron chi connectivity index (χ1n) is 9.88. The molecule has 1 atom stereocenters. The summed E-state index contributed by atoms with van der Waals surface area (Å²) in [6.45, 7) is 0.585. The molecule has 1 unspecified atom stereocenters. The van der Waals surface area contributed by atoms with Gasteiger partial charge >= 0.3 is 6.09 Å². The van der Waals surface area contributed by atoms with Crippen LogP contribution in [0.15, 0.2) is 60.2 Å². The molecule has 5 rings (SSSR count). The van der Waals surface area contributed by atoms with Crippen molar-refractivity contribution in [2.75, 3.05) is 11.4 Å². The lowest BCUT2D eigenvalue weighted by atomic mass is 10.0. The van der Waals surface area contributed by atoms with Crippen LogP contribution in [0.25, 0.3) is 21.7 Å². The van der Waals surface area contributed by atoms with Gasteiger partial charge in [0.25, 0.3) is 0 Å². The van der Waals surface area contributed by atoms with Crippen LogP contribution in [-0.2, 0) is 17.9 Å². The average Bonchev–Trinajstić information content (AvgIpc) is 3.56. The van der Waals surface area contributed by atoms with E-state index in [1.54, 1.807) is 29.2 Å². The number of hydrogen-bond acceptors (Lipinski definition) is 7. The van der Waals surface area contributed by atoms with Crippen molar-refractivity contribution in [2.24, 2.45) is 0 Å². The summed E-state index contributed by atoms with van der Waals surface area (Å²) in [5.41, 5.74) is 3.11. The number of carbonyl (C=O) groups is 1. The standard InChI is InChI=1S/C22H18FN5O3S/c23-20-9-17(28-11-18(31-22(28)30)10-27-8-7-24-26-27)5-6-19(20)14-1-3-15(4-2-14)21-25-16(12-29)13-32-21/h1-9,13,18,29H,10-12H2. The Morgan fingerprint density at radius 1 is 1.19 bits per heavy atom. The van der Waals surface area contributed by atoms with Crippen molar-refractivity contribution in [1.29, 1.82) is 0 Å². The van der Waals surface area contributed by atoms with Crippen LogP contribution in [0.4, 0.5) is 14.9 Å². The maximum atomic E-state index is 15.0. The number of benzene rings is 2. The summed E-state index contributed by atoms with van der Waals surface area (Å²) < 4.78 is 21.9. The van der Waals surface area contributed by atoms with Crippen LogP contribution >= 0.6 is 11.3 Å². The van der Waals surface area contributed by atoms with Crippen LogP contribution in [-0.4, -0.2) is 43.8 Å². The Labute approximate surface area is 186 Å². The zero-order chi connectivity index (χ0) is 22.1. The third-order valence-electron chi connectivity index (χ3n) is 5.16. The molecule has 0 radical (unpaired) electrons. The molecule has 0 bridgehead atoms. The molecular weight excluding hydrogens is 433 g/mol. The fraction of sp³-hybridized carbons (Fsp3) is 0.182. The Balaban J connectivity index is 1.32. The van der Waals surface area contributed by atoms with Gasteiger partial charge in [-0.1, -0.05) is 29.5 Å². The van der Waals surface area contributed by atoms with Crippen molar-refractivity contribution in [2.45, 2.75) is 19.3 Å². The van der Waals surface area contributed by atoms with E-state index >= 15 is 0 Å². The zero-order valence-corrected chi connectivity index (χ0v) is 17.6. The number of aromatic nitrogens is 4. The van der Waals surface area contributed by atoms with E-state index in [0.717, 1.165) is 10.6 Å². The molecule has 2 aromatic heterocycles. The highest BCUT2D eigenvalue weighted by atomic mass is 32.1. The highest BCUT2D eigenvalue weighted by Crippen LogP contribution is 2.31. The van der Waals surface area contributed by atoms with Crippen molar-refractivity contribution in [3.05, 3.63) is 71.7 Å². The molecule has 1 saturated heterocycles. The molecule has 1 amide bonds. The number of carbonyl (C=O) groups excluding carboxylic acids is 1. The summed E-state index contributed by atoms with van der Waals surface area (Å²) in [7, 11) is 0. The van der Waals surface area contributed by atoms with E-state index in [2.05, 4.69) is 15.3 Å².